The second-order valence-corrected chi connectivity index (χ2v) is 11.9. The number of ether oxygens (including phenoxy) is 3. The highest BCUT2D eigenvalue weighted by atomic mass is 32.2. The number of carbonyl (C=O) groups excluding carboxylic acids is 5. The highest BCUT2D eigenvalue weighted by Crippen LogP contribution is 2.35. The van der Waals surface area contributed by atoms with Gasteiger partial charge >= 0.3 is 5.97 Å². The van der Waals surface area contributed by atoms with Gasteiger partial charge in [0.2, 0.25) is 18.6 Å². The van der Waals surface area contributed by atoms with Crippen molar-refractivity contribution in [2.45, 2.75) is 23.5 Å². The maximum Gasteiger partial charge on any atom is 0.338 e. The molecule has 6 rings (SSSR count). The molecule has 48 heavy (non-hydrogen) atoms. The third-order valence-corrected chi connectivity index (χ3v) is 8.53. The number of anilines is 2. The van der Waals surface area contributed by atoms with E-state index in [1.54, 1.807) is 79.7 Å². The first-order chi connectivity index (χ1) is 23.3. The summed E-state index contributed by atoms with van der Waals surface area (Å²) in [4.78, 5) is 66.6. The molecule has 0 aliphatic carbocycles. The second-order valence-electron chi connectivity index (χ2n) is 10.6. The van der Waals surface area contributed by atoms with Crippen molar-refractivity contribution in [3.05, 3.63) is 119 Å². The van der Waals surface area contributed by atoms with Crippen molar-refractivity contribution in [1.82, 2.24) is 5.32 Å². The van der Waals surface area contributed by atoms with Gasteiger partial charge in [-0.25, -0.2) is 9.69 Å². The molecule has 2 aliphatic rings. The van der Waals surface area contributed by atoms with Gasteiger partial charge in [-0.1, -0.05) is 30.3 Å². The minimum absolute atomic E-state index is 0.0121. The molecule has 0 aromatic heterocycles. The molecule has 0 spiro atoms. The molecule has 11 nitrogen and oxygen atoms in total. The Kier molecular flexibility index (Phi) is 9.53. The van der Waals surface area contributed by atoms with Crippen molar-refractivity contribution < 1.29 is 38.2 Å². The molecule has 4 amide bonds. The first kappa shape index (κ1) is 32.1. The Bertz CT molecular complexity index is 1930. The van der Waals surface area contributed by atoms with E-state index in [9.17, 15) is 24.0 Å². The van der Waals surface area contributed by atoms with Gasteiger partial charge < -0.3 is 24.8 Å². The molecule has 1 saturated heterocycles. The summed E-state index contributed by atoms with van der Waals surface area (Å²) in [6.45, 7) is 2.04. The minimum atomic E-state index is -0.695. The predicted octanol–water partition coefficient (Wildman–Crippen LogP) is 5.43. The zero-order valence-corrected chi connectivity index (χ0v) is 26.5. The van der Waals surface area contributed by atoms with Crippen molar-refractivity contribution in [3.8, 4) is 11.5 Å². The molecular formula is C36H29N3O8S. The largest absolute Gasteiger partial charge is 0.462 e. The van der Waals surface area contributed by atoms with E-state index < -0.39 is 23.0 Å². The number of nitrogens with one attached hydrogen (secondary N) is 2. The number of esters is 1. The standard InChI is InChI=1S/C36H29N3O8S/c1-2-45-36(44)24-12-14-26(15-13-24)39-32(40)20-31(35(39)43)48-27-10-6-9-25(19-27)37-34(42)28(38-33(41)23-7-4-3-5-8-23)17-22-11-16-29-30(18-22)47-21-46-29/h3-19,31H,2,20-21H2,1H3,(H,37,42)(H,38,41)/b28-17-/t31-/m1/s1. The Hall–Kier alpha value is -5.88. The van der Waals surface area contributed by atoms with Gasteiger partial charge in [0.05, 0.1) is 23.1 Å². The maximum atomic E-state index is 13.6. The lowest BCUT2D eigenvalue weighted by Crippen LogP contribution is -2.31. The molecule has 0 bridgehead atoms. The fourth-order valence-electron chi connectivity index (χ4n) is 5.05. The molecule has 12 heteroatoms. The average Bonchev–Trinajstić information content (AvgIpc) is 3.67. The number of hydrogen-bond donors (Lipinski definition) is 2. The summed E-state index contributed by atoms with van der Waals surface area (Å²) < 4.78 is 15.8. The predicted molar refractivity (Wildman–Crippen MR) is 179 cm³/mol. The van der Waals surface area contributed by atoms with Gasteiger partial charge in [-0.05, 0) is 85.3 Å². The molecule has 1 fully saturated rings. The van der Waals surface area contributed by atoms with Gasteiger partial charge in [-0.15, -0.1) is 11.8 Å². The quantitative estimate of drug-likeness (QED) is 0.129. The molecule has 1 atom stereocenters. The third-order valence-electron chi connectivity index (χ3n) is 7.35. The lowest BCUT2D eigenvalue weighted by Gasteiger charge is -2.16. The van der Waals surface area contributed by atoms with Gasteiger partial charge in [0.25, 0.3) is 11.8 Å². The van der Waals surface area contributed by atoms with Crippen molar-refractivity contribution in [2.24, 2.45) is 0 Å². The summed E-state index contributed by atoms with van der Waals surface area (Å²) >= 11 is 1.20. The summed E-state index contributed by atoms with van der Waals surface area (Å²) in [6.07, 6.45) is 1.51. The molecule has 2 heterocycles. The van der Waals surface area contributed by atoms with Crippen LogP contribution in [0.5, 0.6) is 11.5 Å². The molecule has 4 aromatic rings. The molecular weight excluding hydrogens is 634 g/mol. The number of amides is 4. The number of fused-ring (bicyclic) bond motifs is 1. The van der Waals surface area contributed by atoms with Crippen molar-refractivity contribution >= 4 is 58.8 Å². The van der Waals surface area contributed by atoms with Crippen LogP contribution in [0.15, 0.2) is 108 Å². The van der Waals surface area contributed by atoms with Gasteiger partial charge in [-0.3, -0.25) is 19.2 Å². The van der Waals surface area contributed by atoms with E-state index in [0.717, 1.165) is 4.90 Å². The normalized spacial score (nSPS) is 15.3. The SMILES string of the molecule is CCOC(=O)c1ccc(N2C(=O)C[C@@H](Sc3cccc(NC(=O)/C(=C/c4ccc5c(c4)OCO5)NC(=O)c4ccccc4)c3)C2=O)cc1. The Balaban J connectivity index is 1.17. The Morgan fingerprint density at radius 1 is 0.896 bits per heavy atom. The Morgan fingerprint density at radius 2 is 1.67 bits per heavy atom. The number of carbonyl (C=O) groups is 5. The number of rotatable bonds is 10. The monoisotopic (exact) mass is 663 g/mol. The molecule has 2 aliphatic heterocycles. The third kappa shape index (κ3) is 7.24. The van der Waals surface area contributed by atoms with Gasteiger partial charge in [0.15, 0.2) is 11.5 Å². The molecule has 0 unspecified atom stereocenters. The smallest absolute Gasteiger partial charge is 0.338 e. The summed E-state index contributed by atoms with van der Waals surface area (Å²) in [6, 6.07) is 26.6. The van der Waals surface area contributed by atoms with Crippen LogP contribution in [0.4, 0.5) is 11.4 Å². The van der Waals surface area contributed by atoms with Crippen LogP contribution >= 0.6 is 11.8 Å². The van der Waals surface area contributed by atoms with Gasteiger partial charge in [0, 0.05) is 22.6 Å². The lowest BCUT2D eigenvalue weighted by molar-refractivity contribution is -0.121. The van der Waals surface area contributed by atoms with E-state index in [1.165, 1.54) is 42.1 Å². The van der Waals surface area contributed by atoms with E-state index in [0.29, 0.717) is 44.5 Å². The highest BCUT2D eigenvalue weighted by Gasteiger charge is 2.40. The van der Waals surface area contributed by atoms with E-state index >= 15 is 0 Å². The van der Waals surface area contributed by atoms with Crippen LogP contribution in [0.3, 0.4) is 0 Å². The lowest BCUT2D eigenvalue weighted by atomic mass is 10.1. The van der Waals surface area contributed by atoms with E-state index in [4.69, 9.17) is 14.2 Å². The highest BCUT2D eigenvalue weighted by molar-refractivity contribution is 8.00. The Labute approximate surface area is 279 Å². The molecule has 2 N–H and O–H groups in total. The summed E-state index contributed by atoms with van der Waals surface area (Å²) in [7, 11) is 0. The van der Waals surface area contributed by atoms with Crippen LogP contribution in [-0.4, -0.2) is 48.2 Å². The van der Waals surface area contributed by atoms with E-state index in [2.05, 4.69) is 10.6 Å². The van der Waals surface area contributed by atoms with E-state index in [1.807, 2.05) is 0 Å². The van der Waals surface area contributed by atoms with Crippen molar-refractivity contribution in [2.75, 3.05) is 23.6 Å². The van der Waals surface area contributed by atoms with Crippen LogP contribution in [0, 0.1) is 0 Å². The van der Waals surface area contributed by atoms with Crippen LogP contribution < -0.4 is 25.0 Å². The van der Waals surface area contributed by atoms with Crippen molar-refractivity contribution in [3.63, 3.8) is 0 Å². The number of thioether (sulfide) groups is 1. The molecule has 4 aromatic carbocycles. The fraction of sp³-hybridized carbons (Fsp3) is 0.139. The topological polar surface area (TPSA) is 140 Å². The van der Waals surface area contributed by atoms with Gasteiger partial charge in [0.1, 0.15) is 5.70 Å². The second kappa shape index (κ2) is 14.3. The zero-order chi connectivity index (χ0) is 33.6. The van der Waals surface area contributed by atoms with Crippen LogP contribution in [-0.2, 0) is 19.1 Å². The average molecular weight is 664 g/mol. The first-order valence-corrected chi connectivity index (χ1v) is 15.9. The maximum absolute atomic E-state index is 13.6. The summed E-state index contributed by atoms with van der Waals surface area (Å²) in [5.41, 5.74) is 2.06. The minimum Gasteiger partial charge on any atom is -0.462 e. The van der Waals surface area contributed by atoms with Crippen LogP contribution in [0.1, 0.15) is 39.6 Å². The van der Waals surface area contributed by atoms with E-state index in [-0.39, 0.29) is 37.3 Å². The number of hydrogen-bond acceptors (Lipinski definition) is 9. The zero-order valence-electron chi connectivity index (χ0n) is 25.6. The van der Waals surface area contributed by atoms with Gasteiger partial charge in [-0.2, -0.15) is 0 Å². The first-order valence-electron chi connectivity index (χ1n) is 15.0. The summed E-state index contributed by atoms with van der Waals surface area (Å²) in [5.74, 6) is -1.18. The number of imide groups is 1. The summed E-state index contributed by atoms with van der Waals surface area (Å²) in [5, 5.41) is 4.84. The number of benzene rings is 4. The number of nitrogens with zero attached hydrogens (tertiary/aromatic N) is 1. The molecule has 0 saturated carbocycles. The van der Waals surface area contributed by atoms with Crippen LogP contribution in [0.25, 0.3) is 6.08 Å². The Morgan fingerprint density at radius 3 is 2.44 bits per heavy atom. The van der Waals surface area contributed by atoms with Crippen LogP contribution in [0.2, 0.25) is 0 Å². The van der Waals surface area contributed by atoms with Crippen molar-refractivity contribution in [1.29, 1.82) is 0 Å². The molecule has 0 radical (unpaired) electrons. The molecule has 242 valence electrons. The fourth-order valence-corrected chi connectivity index (χ4v) is 6.16.